The zero-order chi connectivity index (χ0) is 24.2. The first-order chi connectivity index (χ1) is 16.9. The number of aromatic nitrogens is 4. The first-order valence-corrected chi connectivity index (χ1v) is 12.5. The number of pyridine rings is 1. The lowest BCUT2D eigenvalue weighted by Crippen LogP contribution is -2.49. The van der Waals surface area contributed by atoms with E-state index in [4.69, 9.17) is 16.3 Å². The number of likely N-dealkylation sites (tertiary alicyclic amines) is 1. The van der Waals surface area contributed by atoms with E-state index in [9.17, 15) is 4.79 Å². The molecule has 5 heterocycles. The minimum absolute atomic E-state index is 0.0357. The number of carbonyl (C=O) groups is 1. The number of halogens is 1. The Morgan fingerprint density at radius 3 is 2.77 bits per heavy atom. The Morgan fingerprint density at radius 2 is 2.09 bits per heavy atom. The molecule has 0 spiro atoms. The number of hydrogen-bond acceptors (Lipinski definition) is 6. The molecule has 3 aliphatic rings. The number of nitrogens with zero attached hydrogens (tertiary/aromatic N) is 6. The quantitative estimate of drug-likeness (QED) is 0.491. The predicted octanol–water partition coefficient (Wildman–Crippen LogP) is 3.38. The monoisotopic (exact) mass is 492 g/mol. The number of rotatable bonds is 6. The van der Waals surface area contributed by atoms with Crippen LogP contribution in [0.15, 0.2) is 36.7 Å². The van der Waals surface area contributed by atoms with Crippen molar-refractivity contribution in [3.8, 4) is 0 Å². The molecule has 1 aromatic carbocycles. The van der Waals surface area contributed by atoms with E-state index >= 15 is 0 Å². The van der Waals surface area contributed by atoms with Crippen LogP contribution in [0, 0.1) is 5.92 Å². The molecule has 1 amide bonds. The highest BCUT2D eigenvalue weighted by Crippen LogP contribution is 2.38. The van der Waals surface area contributed by atoms with Gasteiger partial charge in [-0.3, -0.25) is 14.6 Å². The minimum atomic E-state index is -0.197. The molecular formula is C26H29ClN6O2. The van der Waals surface area contributed by atoms with Crippen LogP contribution < -0.4 is 4.90 Å². The standard InChI is InChI=1S/C26H29ClN6O2/c1-17-5-6-32(11-17)12-18-7-22(27)29-23(8-18)33-13-19-3-4-20(9-21(19)25(33)34)26(14-35-15-26)10-24-30-28-16-31(24)2/h3-4,7-9,16-17H,5-6,10-15H2,1-2H3/t17-/m1/s1. The van der Waals surface area contributed by atoms with Gasteiger partial charge in [0.05, 0.1) is 19.8 Å². The summed E-state index contributed by atoms with van der Waals surface area (Å²) in [7, 11) is 1.95. The van der Waals surface area contributed by atoms with Gasteiger partial charge in [-0.05, 0) is 53.8 Å². The van der Waals surface area contributed by atoms with Gasteiger partial charge < -0.3 is 9.30 Å². The Balaban J connectivity index is 1.25. The van der Waals surface area contributed by atoms with Crippen molar-refractivity contribution in [1.82, 2.24) is 24.6 Å². The zero-order valence-corrected chi connectivity index (χ0v) is 20.8. The molecule has 2 saturated heterocycles. The van der Waals surface area contributed by atoms with Gasteiger partial charge in [-0.25, -0.2) is 4.98 Å². The van der Waals surface area contributed by atoms with Gasteiger partial charge in [0.25, 0.3) is 5.91 Å². The Morgan fingerprint density at radius 1 is 1.23 bits per heavy atom. The molecule has 6 rings (SSSR count). The van der Waals surface area contributed by atoms with Crippen molar-refractivity contribution >= 4 is 23.3 Å². The van der Waals surface area contributed by atoms with Crippen LogP contribution >= 0.6 is 11.6 Å². The molecule has 0 aliphatic carbocycles. The lowest BCUT2D eigenvalue weighted by Gasteiger charge is -2.41. The van der Waals surface area contributed by atoms with Crippen molar-refractivity contribution < 1.29 is 9.53 Å². The van der Waals surface area contributed by atoms with Crippen molar-refractivity contribution in [2.24, 2.45) is 13.0 Å². The van der Waals surface area contributed by atoms with E-state index in [1.807, 2.05) is 29.8 Å². The molecule has 9 heteroatoms. The van der Waals surface area contributed by atoms with Crippen LogP contribution in [-0.2, 0) is 36.7 Å². The third-order valence-corrected chi connectivity index (χ3v) is 7.81. The van der Waals surface area contributed by atoms with Crippen molar-refractivity contribution in [2.75, 3.05) is 31.2 Å². The molecule has 35 heavy (non-hydrogen) atoms. The molecule has 3 aromatic rings. The largest absolute Gasteiger partial charge is 0.379 e. The van der Waals surface area contributed by atoms with E-state index in [1.165, 1.54) is 6.42 Å². The van der Waals surface area contributed by atoms with E-state index in [1.54, 1.807) is 11.2 Å². The van der Waals surface area contributed by atoms with Crippen LogP contribution in [0.5, 0.6) is 0 Å². The molecule has 0 bridgehead atoms. The first-order valence-electron chi connectivity index (χ1n) is 12.1. The van der Waals surface area contributed by atoms with Crippen molar-refractivity contribution in [2.45, 2.75) is 38.3 Å². The highest BCUT2D eigenvalue weighted by atomic mass is 35.5. The molecule has 182 valence electrons. The fourth-order valence-corrected chi connectivity index (χ4v) is 5.72. The predicted molar refractivity (Wildman–Crippen MR) is 132 cm³/mol. The average Bonchev–Trinajstić information content (AvgIpc) is 3.49. The van der Waals surface area contributed by atoms with Crippen LogP contribution in [0.25, 0.3) is 0 Å². The summed E-state index contributed by atoms with van der Waals surface area (Å²) < 4.78 is 7.56. The first kappa shape index (κ1) is 22.6. The van der Waals surface area contributed by atoms with E-state index in [-0.39, 0.29) is 11.3 Å². The van der Waals surface area contributed by atoms with Crippen molar-refractivity contribution in [3.05, 3.63) is 69.9 Å². The van der Waals surface area contributed by atoms with E-state index < -0.39 is 0 Å². The van der Waals surface area contributed by atoms with Crippen molar-refractivity contribution in [1.29, 1.82) is 0 Å². The number of aryl methyl sites for hydroxylation is 1. The lowest BCUT2D eigenvalue weighted by molar-refractivity contribution is -0.0611. The van der Waals surface area contributed by atoms with Gasteiger partial charge in [-0.2, -0.15) is 0 Å². The molecular weight excluding hydrogens is 464 g/mol. The maximum atomic E-state index is 13.5. The second kappa shape index (κ2) is 8.69. The molecule has 3 aliphatic heterocycles. The number of hydrogen-bond donors (Lipinski definition) is 0. The second-order valence-electron chi connectivity index (χ2n) is 10.4. The van der Waals surface area contributed by atoms with Gasteiger partial charge >= 0.3 is 0 Å². The third-order valence-electron chi connectivity index (χ3n) is 7.62. The number of amides is 1. The third kappa shape index (κ3) is 4.13. The van der Waals surface area contributed by atoms with Crippen LogP contribution in [0.1, 0.15) is 46.2 Å². The topological polar surface area (TPSA) is 76.4 Å². The molecule has 0 saturated carbocycles. The summed E-state index contributed by atoms with van der Waals surface area (Å²) in [6.45, 7) is 6.99. The Kier molecular flexibility index (Phi) is 5.62. The van der Waals surface area contributed by atoms with Crippen LogP contribution in [-0.4, -0.2) is 56.9 Å². The summed E-state index contributed by atoms with van der Waals surface area (Å²) in [6, 6.07) is 10.1. The van der Waals surface area contributed by atoms with Gasteiger partial charge in [0.1, 0.15) is 23.1 Å². The Bertz CT molecular complexity index is 1290. The Hall–Kier alpha value is -2.81. The number of anilines is 1. The second-order valence-corrected chi connectivity index (χ2v) is 10.7. The van der Waals surface area contributed by atoms with Gasteiger partial charge in [-0.15, -0.1) is 10.2 Å². The van der Waals surface area contributed by atoms with E-state index in [2.05, 4.69) is 39.1 Å². The highest BCUT2D eigenvalue weighted by Gasteiger charge is 2.43. The fraction of sp³-hybridized carbons (Fsp3) is 0.462. The zero-order valence-electron chi connectivity index (χ0n) is 20.1. The van der Waals surface area contributed by atoms with Gasteiger partial charge in [0, 0.05) is 37.5 Å². The van der Waals surface area contributed by atoms with Gasteiger partial charge in [0.2, 0.25) is 0 Å². The van der Waals surface area contributed by atoms with Crippen LogP contribution in [0.3, 0.4) is 0 Å². The van der Waals surface area contributed by atoms with E-state index in [0.29, 0.717) is 43.1 Å². The SMILES string of the molecule is C[C@@H]1CCN(Cc2cc(Cl)nc(N3Cc4ccc(C5(Cc6nncn6C)COC5)cc4C3=O)c2)C1. The normalized spacial score (nSPS) is 21.4. The minimum Gasteiger partial charge on any atom is -0.379 e. The molecule has 0 radical (unpaired) electrons. The molecule has 0 N–H and O–H groups in total. The molecule has 0 unspecified atom stereocenters. The maximum Gasteiger partial charge on any atom is 0.260 e. The summed E-state index contributed by atoms with van der Waals surface area (Å²) in [5.74, 6) is 2.20. The number of benzene rings is 1. The number of ether oxygens (including phenoxy) is 1. The van der Waals surface area contributed by atoms with Crippen LogP contribution in [0.4, 0.5) is 5.82 Å². The summed E-state index contributed by atoms with van der Waals surface area (Å²) in [4.78, 5) is 22.2. The van der Waals surface area contributed by atoms with Gasteiger partial charge in [0.15, 0.2) is 0 Å². The van der Waals surface area contributed by atoms with Crippen LogP contribution in [0.2, 0.25) is 5.15 Å². The Labute approximate surface area is 209 Å². The van der Waals surface area contributed by atoms with Gasteiger partial charge in [-0.1, -0.05) is 30.7 Å². The molecule has 8 nitrogen and oxygen atoms in total. The lowest BCUT2D eigenvalue weighted by atomic mass is 9.75. The fourth-order valence-electron chi connectivity index (χ4n) is 5.50. The summed E-state index contributed by atoms with van der Waals surface area (Å²) in [6.07, 6.45) is 3.65. The average molecular weight is 493 g/mol. The van der Waals surface area contributed by atoms with E-state index in [0.717, 1.165) is 47.7 Å². The molecule has 2 fully saturated rings. The number of fused-ring (bicyclic) bond motifs is 1. The number of carbonyl (C=O) groups excluding carboxylic acids is 1. The molecule has 2 aromatic heterocycles. The summed E-state index contributed by atoms with van der Waals surface area (Å²) in [5, 5.41) is 8.69. The molecule has 1 atom stereocenters. The highest BCUT2D eigenvalue weighted by molar-refractivity contribution is 6.29. The smallest absolute Gasteiger partial charge is 0.260 e. The summed E-state index contributed by atoms with van der Waals surface area (Å²) in [5.41, 5.74) is 3.72. The maximum absolute atomic E-state index is 13.5. The van der Waals surface area contributed by atoms with Crippen molar-refractivity contribution in [3.63, 3.8) is 0 Å². The summed E-state index contributed by atoms with van der Waals surface area (Å²) >= 11 is 6.40.